The van der Waals surface area contributed by atoms with Gasteiger partial charge in [-0.25, -0.2) is 0 Å². The summed E-state index contributed by atoms with van der Waals surface area (Å²) in [4.78, 5) is 12.1. The van der Waals surface area contributed by atoms with Crippen molar-refractivity contribution in [3.05, 3.63) is 56.2 Å². The van der Waals surface area contributed by atoms with Gasteiger partial charge in [-0.15, -0.1) is 22.9 Å². The van der Waals surface area contributed by atoms with E-state index in [4.69, 9.17) is 34.8 Å². The largest absolute Gasteiger partial charge is 0.348 e. The first kappa shape index (κ1) is 15.6. The second-order valence-corrected chi connectivity index (χ2v) is 6.85. The molecule has 2 aromatic rings. The third kappa shape index (κ3) is 4.13. The molecule has 0 saturated carbocycles. The van der Waals surface area contributed by atoms with E-state index in [2.05, 4.69) is 5.32 Å². The molecule has 106 valence electrons. The third-order valence-corrected chi connectivity index (χ3v) is 4.61. The lowest BCUT2D eigenvalue weighted by molar-refractivity contribution is 0.0941. The van der Waals surface area contributed by atoms with Gasteiger partial charge < -0.3 is 5.32 Å². The Morgan fingerprint density at radius 2 is 1.95 bits per heavy atom. The van der Waals surface area contributed by atoms with Crippen LogP contribution in [-0.4, -0.2) is 17.8 Å². The number of nitrogens with one attached hydrogen (secondary N) is 1. The predicted octanol–water partition coefficient (Wildman–Crippen LogP) is 4.63. The number of carbonyl (C=O) groups is 1. The molecule has 1 unspecified atom stereocenters. The second-order valence-electron chi connectivity index (χ2n) is 4.25. The van der Waals surface area contributed by atoms with Gasteiger partial charge in [-0.3, -0.25) is 4.79 Å². The van der Waals surface area contributed by atoms with Crippen LogP contribution >= 0.6 is 46.1 Å². The number of hydrogen-bond donors (Lipinski definition) is 1. The summed E-state index contributed by atoms with van der Waals surface area (Å²) in [6.07, 6.45) is 0.672. The lowest BCUT2D eigenvalue weighted by atomic mass is 10.1. The van der Waals surface area contributed by atoms with Crippen molar-refractivity contribution < 1.29 is 4.79 Å². The monoisotopic (exact) mass is 347 g/mol. The summed E-state index contributed by atoms with van der Waals surface area (Å²) in [6.45, 7) is 0. The molecule has 1 atom stereocenters. The van der Waals surface area contributed by atoms with Crippen molar-refractivity contribution in [3.8, 4) is 0 Å². The fourth-order valence-corrected chi connectivity index (χ4v) is 3.45. The highest BCUT2D eigenvalue weighted by Gasteiger charge is 2.18. The molecule has 0 saturated heterocycles. The highest BCUT2D eigenvalue weighted by atomic mass is 35.5. The van der Waals surface area contributed by atoms with Gasteiger partial charge in [0, 0.05) is 11.9 Å². The third-order valence-electron chi connectivity index (χ3n) is 2.75. The molecular formula is C14H12Cl3NOS. The number of halogens is 3. The van der Waals surface area contributed by atoms with Crippen LogP contribution in [0.25, 0.3) is 0 Å². The van der Waals surface area contributed by atoms with E-state index in [-0.39, 0.29) is 11.9 Å². The molecule has 1 heterocycles. The van der Waals surface area contributed by atoms with Crippen molar-refractivity contribution in [2.75, 3.05) is 5.88 Å². The van der Waals surface area contributed by atoms with Crippen LogP contribution in [0.4, 0.5) is 0 Å². The van der Waals surface area contributed by atoms with Crippen LogP contribution in [0.2, 0.25) is 8.67 Å². The Kier molecular flexibility index (Phi) is 5.73. The van der Waals surface area contributed by atoms with Crippen LogP contribution in [0.1, 0.15) is 15.9 Å². The van der Waals surface area contributed by atoms with E-state index in [0.29, 0.717) is 26.5 Å². The number of benzene rings is 1. The summed E-state index contributed by atoms with van der Waals surface area (Å²) in [6, 6.07) is 11.3. The normalized spacial score (nSPS) is 12.2. The van der Waals surface area contributed by atoms with Gasteiger partial charge in [-0.05, 0) is 18.1 Å². The number of hydrogen-bond acceptors (Lipinski definition) is 2. The highest BCUT2D eigenvalue weighted by Crippen LogP contribution is 2.31. The van der Waals surface area contributed by atoms with E-state index in [0.717, 1.165) is 5.56 Å². The Hall–Kier alpha value is -0.740. The van der Waals surface area contributed by atoms with Crippen molar-refractivity contribution in [3.63, 3.8) is 0 Å². The van der Waals surface area contributed by atoms with E-state index in [1.54, 1.807) is 6.07 Å². The number of alkyl halides is 1. The summed E-state index contributed by atoms with van der Waals surface area (Å²) in [5, 5.41) is 2.88. The molecule has 1 amide bonds. The van der Waals surface area contributed by atoms with Gasteiger partial charge in [0.1, 0.15) is 4.34 Å². The first-order chi connectivity index (χ1) is 9.60. The SMILES string of the molecule is O=C(NC(CCl)Cc1ccccc1)c1cc(Cl)sc1Cl. The van der Waals surface area contributed by atoms with Gasteiger partial charge in [0.25, 0.3) is 5.91 Å². The van der Waals surface area contributed by atoms with Crippen molar-refractivity contribution in [1.29, 1.82) is 0 Å². The van der Waals surface area contributed by atoms with Crippen molar-refractivity contribution in [2.45, 2.75) is 12.5 Å². The summed E-state index contributed by atoms with van der Waals surface area (Å²) in [5.41, 5.74) is 1.51. The van der Waals surface area contributed by atoms with Gasteiger partial charge in [0.05, 0.1) is 9.90 Å². The van der Waals surface area contributed by atoms with Crippen LogP contribution in [0.15, 0.2) is 36.4 Å². The van der Waals surface area contributed by atoms with Crippen LogP contribution in [0, 0.1) is 0 Å². The molecule has 2 rings (SSSR count). The van der Waals surface area contributed by atoms with Crippen molar-refractivity contribution in [1.82, 2.24) is 5.32 Å². The van der Waals surface area contributed by atoms with E-state index in [1.807, 2.05) is 30.3 Å². The fourth-order valence-electron chi connectivity index (χ4n) is 1.80. The zero-order valence-electron chi connectivity index (χ0n) is 10.4. The molecular weight excluding hydrogens is 337 g/mol. The standard InChI is InChI=1S/C14H12Cl3NOS/c15-8-10(6-9-4-2-1-3-5-9)18-14(19)11-7-12(16)20-13(11)17/h1-5,7,10H,6,8H2,(H,18,19). The van der Waals surface area contributed by atoms with E-state index in [9.17, 15) is 4.79 Å². The summed E-state index contributed by atoms with van der Waals surface area (Å²) in [7, 11) is 0. The molecule has 1 aromatic heterocycles. The maximum atomic E-state index is 12.1. The predicted molar refractivity (Wildman–Crippen MR) is 86.5 cm³/mol. The Balaban J connectivity index is 2.03. The van der Waals surface area contributed by atoms with Gasteiger partial charge >= 0.3 is 0 Å². The van der Waals surface area contributed by atoms with E-state index >= 15 is 0 Å². The molecule has 1 N–H and O–H groups in total. The lowest BCUT2D eigenvalue weighted by Crippen LogP contribution is -2.37. The molecule has 0 aliphatic carbocycles. The van der Waals surface area contributed by atoms with Gasteiger partial charge in [0.15, 0.2) is 0 Å². The number of rotatable bonds is 5. The maximum Gasteiger partial charge on any atom is 0.253 e. The molecule has 1 aromatic carbocycles. The molecule has 0 radical (unpaired) electrons. The summed E-state index contributed by atoms with van der Waals surface area (Å²) >= 11 is 18.9. The number of amides is 1. The second kappa shape index (κ2) is 7.32. The molecule has 20 heavy (non-hydrogen) atoms. The molecule has 0 aliphatic heterocycles. The van der Waals surface area contributed by atoms with Crippen LogP contribution < -0.4 is 5.32 Å². The van der Waals surface area contributed by atoms with Crippen LogP contribution in [-0.2, 0) is 6.42 Å². The maximum absolute atomic E-state index is 12.1. The Morgan fingerprint density at radius 1 is 1.25 bits per heavy atom. The number of thiophene rings is 1. The van der Waals surface area contributed by atoms with Gasteiger partial charge in [0.2, 0.25) is 0 Å². The lowest BCUT2D eigenvalue weighted by Gasteiger charge is -2.16. The quantitative estimate of drug-likeness (QED) is 0.784. The first-order valence-corrected chi connectivity index (χ1v) is 8.06. The zero-order valence-corrected chi connectivity index (χ0v) is 13.5. The smallest absolute Gasteiger partial charge is 0.253 e. The summed E-state index contributed by atoms with van der Waals surface area (Å²) in [5.74, 6) is 0.0792. The van der Waals surface area contributed by atoms with Crippen LogP contribution in [0.3, 0.4) is 0 Å². The fraction of sp³-hybridized carbons (Fsp3) is 0.214. The van der Waals surface area contributed by atoms with Crippen molar-refractivity contribution >= 4 is 52.0 Å². The Bertz CT molecular complexity index is 585. The zero-order chi connectivity index (χ0) is 14.5. The highest BCUT2D eigenvalue weighted by molar-refractivity contribution is 7.20. The molecule has 0 bridgehead atoms. The molecule has 0 aliphatic rings. The number of carbonyl (C=O) groups excluding carboxylic acids is 1. The minimum absolute atomic E-state index is 0.152. The van der Waals surface area contributed by atoms with Gasteiger partial charge in [-0.2, -0.15) is 0 Å². The Morgan fingerprint density at radius 3 is 2.50 bits per heavy atom. The molecule has 2 nitrogen and oxygen atoms in total. The van der Waals surface area contributed by atoms with Gasteiger partial charge in [-0.1, -0.05) is 53.5 Å². The van der Waals surface area contributed by atoms with E-state index in [1.165, 1.54) is 11.3 Å². The molecule has 6 heteroatoms. The average Bonchev–Trinajstić information content (AvgIpc) is 2.78. The van der Waals surface area contributed by atoms with Crippen LogP contribution in [0.5, 0.6) is 0 Å². The Labute approximate surface area is 136 Å². The average molecular weight is 349 g/mol. The van der Waals surface area contributed by atoms with Crippen molar-refractivity contribution in [2.24, 2.45) is 0 Å². The topological polar surface area (TPSA) is 29.1 Å². The minimum Gasteiger partial charge on any atom is -0.348 e. The minimum atomic E-state index is -0.250. The van der Waals surface area contributed by atoms with E-state index < -0.39 is 0 Å². The molecule has 0 fully saturated rings. The summed E-state index contributed by atoms with van der Waals surface area (Å²) < 4.78 is 0.881. The first-order valence-electron chi connectivity index (χ1n) is 5.95. The molecule has 0 spiro atoms.